The molecule has 0 saturated heterocycles. The molecule has 1 aromatic heterocycles. The molecule has 0 spiro atoms. The number of esters is 1. The maximum atomic E-state index is 13.3. The lowest BCUT2D eigenvalue weighted by atomic mass is 9.90. The van der Waals surface area contributed by atoms with Crippen molar-refractivity contribution in [2.24, 2.45) is 0 Å². The average Bonchev–Trinajstić information content (AvgIpc) is 2.98. The first-order chi connectivity index (χ1) is 12.3. The van der Waals surface area contributed by atoms with E-state index in [1.807, 2.05) is 0 Å². The van der Waals surface area contributed by atoms with E-state index in [4.69, 9.17) is 9.26 Å². The molecule has 2 N–H and O–H groups in total. The van der Waals surface area contributed by atoms with E-state index in [2.05, 4.69) is 15.8 Å². The summed E-state index contributed by atoms with van der Waals surface area (Å²) >= 11 is 0. The molecule has 1 aromatic carbocycles. The van der Waals surface area contributed by atoms with Gasteiger partial charge in [-0.1, -0.05) is 11.2 Å². The zero-order chi connectivity index (χ0) is 18.8. The Morgan fingerprint density at radius 2 is 2.19 bits per heavy atom. The minimum absolute atomic E-state index is 0.133. The molecule has 2 aromatic rings. The van der Waals surface area contributed by atoms with Crippen LogP contribution in [0.1, 0.15) is 30.5 Å². The Balaban J connectivity index is 1.69. The average molecular weight is 361 g/mol. The molecule has 2 amide bonds. The number of hydrogen-bond donors (Lipinski definition) is 2. The van der Waals surface area contributed by atoms with Crippen LogP contribution in [0.3, 0.4) is 0 Å². The predicted octanol–water partition coefficient (Wildman–Crippen LogP) is 2.12. The van der Waals surface area contributed by atoms with E-state index >= 15 is 0 Å². The van der Waals surface area contributed by atoms with E-state index in [1.165, 1.54) is 25.1 Å². The van der Waals surface area contributed by atoms with E-state index in [0.717, 1.165) is 6.07 Å². The summed E-state index contributed by atoms with van der Waals surface area (Å²) in [6, 6.07) is 5.26. The number of fused-ring (bicyclic) bond motifs is 1. The van der Waals surface area contributed by atoms with Crippen molar-refractivity contribution in [3.8, 4) is 0 Å². The fourth-order valence-electron chi connectivity index (χ4n) is 2.60. The topological polar surface area (TPSA) is 111 Å². The minimum Gasteiger partial charge on any atom is -0.452 e. The number of aromatic nitrogens is 1. The van der Waals surface area contributed by atoms with Gasteiger partial charge < -0.3 is 14.6 Å². The van der Waals surface area contributed by atoms with Crippen molar-refractivity contribution in [2.45, 2.75) is 32.3 Å². The van der Waals surface area contributed by atoms with Crippen LogP contribution in [0.4, 0.5) is 16.0 Å². The lowest BCUT2D eigenvalue weighted by Gasteiger charge is -2.25. The Kier molecular flexibility index (Phi) is 4.70. The highest BCUT2D eigenvalue weighted by molar-refractivity contribution is 6.01. The van der Waals surface area contributed by atoms with Crippen molar-refractivity contribution >= 4 is 29.4 Å². The highest BCUT2D eigenvalue weighted by atomic mass is 19.1. The first kappa shape index (κ1) is 17.6. The van der Waals surface area contributed by atoms with Gasteiger partial charge in [0.2, 0.25) is 11.8 Å². The van der Waals surface area contributed by atoms with Crippen molar-refractivity contribution in [1.82, 2.24) is 5.16 Å². The molecule has 2 unspecified atom stereocenters. The Morgan fingerprint density at radius 1 is 1.42 bits per heavy atom. The van der Waals surface area contributed by atoms with Crippen molar-refractivity contribution in [3.05, 3.63) is 41.3 Å². The van der Waals surface area contributed by atoms with Gasteiger partial charge in [-0.3, -0.25) is 19.7 Å². The van der Waals surface area contributed by atoms with Gasteiger partial charge in [-0.25, -0.2) is 4.39 Å². The van der Waals surface area contributed by atoms with E-state index < -0.39 is 35.6 Å². The van der Waals surface area contributed by atoms with E-state index in [9.17, 15) is 18.8 Å². The van der Waals surface area contributed by atoms with Gasteiger partial charge in [0.15, 0.2) is 6.10 Å². The minimum atomic E-state index is -1.12. The molecule has 2 atom stereocenters. The van der Waals surface area contributed by atoms with Gasteiger partial charge in [-0.2, -0.15) is 0 Å². The summed E-state index contributed by atoms with van der Waals surface area (Å²) in [5.41, 5.74) is 1.24. The first-order valence-electron chi connectivity index (χ1n) is 7.87. The van der Waals surface area contributed by atoms with Crippen LogP contribution in [0.15, 0.2) is 28.8 Å². The van der Waals surface area contributed by atoms with E-state index in [1.54, 1.807) is 6.92 Å². The van der Waals surface area contributed by atoms with Crippen LogP contribution < -0.4 is 10.6 Å². The van der Waals surface area contributed by atoms with Gasteiger partial charge in [0, 0.05) is 18.2 Å². The second-order valence-electron chi connectivity index (χ2n) is 5.94. The summed E-state index contributed by atoms with van der Waals surface area (Å²) in [5.74, 6) is -3.10. The second kappa shape index (κ2) is 6.95. The number of ether oxygens (including phenoxy) is 1. The number of benzene rings is 1. The van der Waals surface area contributed by atoms with Crippen LogP contribution in [-0.2, 0) is 19.1 Å². The Hall–Kier alpha value is -3.23. The quantitative estimate of drug-likeness (QED) is 0.807. The number of aryl methyl sites for hydroxylation is 1. The summed E-state index contributed by atoms with van der Waals surface area (Å²) < 4.78 is 23.4. The van der Waals surface area contributed by atoms with Crippen LogP contribution in [-0.4, -0.2) is 29.0 Å². The maximum Gasteiger partial charge on any atom is 0.314 e. The number of nitrogens with one attached hydrogen (secondary N) is 2. The summed E-state index contributed by atoms with van der Waals surface area (Å²) in [6.07, 6.45) is -1.27. The highest BCUT2D eigenvalue weighted by Gasteiger charge is 2.34. The number of carbonyl (C=O) groups excluding carboxylic acids is 3. The standard InChI is InChI=1S/C17H16FN3O5/c1-8-5-15(26-21-8)20-16(23)9(2)25-17(24)12-7-14(22)19-13-6-10(18)3-4-11(12)13/h3-6,9,12H,7H2,1-2H3,(H,19,22)(H,20,23). The Labute approximate surface area is 147 Å². The fraction of sp³-hybridized carbons (Fsp3) is 0.294. The van der Waals surface area contributed by atoms with E-state index in [0.29, 0.717) is 11.3 Å². The molecule has 0 fully saturated rings. The number of halogens is 1. The molecule has 9 heteroatoms. The number of anilines is 2. The number of hydrogen-bond acceptors (Lipinski definition) is 6. The molecule has 0 bridgehead atoms. The SMILES string of the molecule is Cc1cc(NC(=O)C(C)OC(=O)C2CC(=O)Nc3cc(F)ccc32)on1. The monoisotopic (exact) mass is 361 g/mol. The van der Waals surface area contributed by atoms with Crippen molar-refractivity contribution < 1.29 is 28.0 Å². The summed E-state index contributed by atoms with van der Waals surface area (Å²) in [7, 11) is 0. The molecule has 1 aliphatic rings. The fourth-order valence-corrected chi connectivity index (χ4v) is 2.60. The van der Waals surface area contributed by atoms with Gasteiger partial charge in [-0.15, -0.1) is 0 Å². The van der Waals surface area contributed by atoms with Gasteiger partial charge in [0.05, 0.1) is 11.6 Å². The van der Waals surface area contributed by atoms with Crippen molar-refractivity contribution in [3.63, 3.8) is 0 Å². The molecule has 3 rings (SSSR count). The summed E-state index contributed by atoms with van der Waals surface area (Å²) in [5, 5.41) is 8.57. The third-order valence-corrected chi connectivity index (χ3v) is 3.88. The van der Waals surface area contributed by atoms with Crippen molar-refractivity contribution in [2.75, 3.05) is 10.6 Å². The van der Waals surface area contributed by atoms with Gasteiger partial charge in [0.25, 0.3) is 5.91 Å². The lowest BCUT2D eigenvalue weighted by molar-refractivity contribution is -0.155. The van der Waals surface area contributed by atoms with Crippen LogP contribution in [0.2, 0.25) is 0 Å². The molecular weight excluding hydrogens is 345 g/mol. The van der Waals surface area contributed by atoms with Crippen LogP contribution in [0.25, 0.3) is 0 Å². The Morgan fingerprint density at radius 3 is 2.88 bits per heavy atom. The maximum absolute atomic E-state index is 13.3. The van der Waals surface area contributed by atoms with Crippen LogP contribution >= 0.6 is 0 Å². The molecule has 8 nitrogen and oxygen atoms in total. The number of carbonyl (C=O) groups is 3. The normalized spacial score (nSPS) is 17.0. The predicted molar refractivity (Wildman–Crippen MR) is 87.8 cm³/mol. The smallest absolute Gasteiger partial charge is 0.314 e. The largest absolute Gasteiger partial charge is 0.452 e. The molecule has 1 aliphatic heterocycles. The van der Waals surface area contributed by atoms with Gasteiger partial charge >= 0.3 is 5.97 Å². The molecule has 0 radical (unpaired) electrons. The van der Waals surface area contributed by atoms with E-state index in [-0.39, 0.29) is 18.0 Å². The molecule has 0 aliphatic carbocycles. The van der Waals surface area contributed by atoms with Crippen LogP contribution in [0.5, 0.6) is 0 Å². The summed E-state index contributed by atoms with van der Waals surface area (Å²) in [4.78, 5) is 36.3. The number of amides is 2. The first-order valence-corrected chi connectivity index (χ1v) is 7.87. The van der Waals surface area contributed by atoms with Gasteiger partial charge in [-0.05, 0) is 31.5 Å². The molecule has 136 valence electrons. The molecular formula is C17H16FN3O5. The second-order valence-corrected chi connectivity index (χ2v) is 5.94. The Bertz CT molecular complexity index is 879. The molecule has 2 heterocycles. The third-order valence-electron chi connectivity index (χ3n) is 3.88. The zero-order valence-electron chi connectivity index (χ0n) is 14.0. The van der Waals surface area contributed by atoms with Crippen molar-refractivity contribution in [1.29, 1.82) is 0 Å². The number of nitrogens with zero attached hydrogens (tertiary/aromatic N) is 1. The van der Waals surface area contributed by atoms with Crippen LogP contribution in [0, 0.1) is 12.7 Å². The third kappa shape index (κ3) is 3.71. The zero-order valence-corrected chi connectivity index (χ0v) is 14.0. The molecule has 0 saturated carbocycles. The highest BCUT2D eigenvalue weighted by Crippen LogP contribution is 2.33. The van der Waals surface area contributed by atoms with Gasteiger partial charge in [0.1, 0.15) is 5.82 Å². The summed E-state index contributed by atoms with van der Waals surface area (Å²) in [6.45, 7) is 3.09. The lowest BCUT2D eigenvalue weighted by Crippen LogP contribution is -2.34. The molecule has 26 heavy (non-hydrogen) atoms. The number of rotatable bonds is 4.